The molecule has 0 unspecified atom stereocenters. The molecule has 5 heteroatoms. The SMILES string of the molecule is CO[C@@]12CC[C@@H](OCC3CC3)C[C@@H]1N(C(=O)Cc1ccc(Cl)cc1)CC2. The second-order valence-corrected chi connectivity index (χ2v) is 8.53. The van der Waals surface area contributed by atoms with Crippen LogP contribution in [0.3, 0.4) is 0 Å². The number of carbonyl (C=O) groups excluding carboxylic acids is 1. The highest BCUT2D eigenvalue weighted by atomic mass is 35.5. The maximum Gasteiger partial charge on any atom is 0.227 e. The van der Waals surface area contributed by atoms with E-state index >= 15 is 0 Å². The van der Waals surface area contributed by atoms with E-state index in [0.717, 1.165) is 50.3 Å². The number of benzene rings is 1. The summed E-state index contributed by atoms with van der Waals surface area (Å²) in [6.07, 6.45) is 7.13. The van der Waals surface area contributed by atoms with E-state index in [2.05, 4.69) is 0 Å². The molecule has 1 heterocycles. The molecule has 3 fully saturated rings. The lowest BCUT2D eigenvalue weighted by Gasteiger charge is -2.43. The molecule has 1 aromatic rings. The van der Waals surface area contributed by atoms with Crippen molar-refractivity contribution in [2.45, 2.75) is 62.7 Å². The summed E-state index contributed by atoms with van der Waals surface area (Å²) >= 11 is 5.95. The van der Waals surface area contributed by atoms with Gasteiger partial charge in [0.15, 0.2) is 0 Å². The van der Waals surface area contributed by atoms with Crippen LogP contribution >= 0.6 is 11.6 Å². The number of likely N-dealkylation sites (tertiary alicyclic amines) is 1. The molecule has 0 radical (unpaired) electrons. The summed E-state index contributed by atoms with van der Waals surface area (Å²) in [6, 6.07) is 7.68. The molecule has 2 saturated carbocycles. The molecule has 4 nitrogen and oxygen atoms in total. The smallest absolute Gasteiger partial charge is 0.227 e. The zero-order chi connectivity index (χ0) is 18.1. The number of hydrogen-bond donors (Lipinski definition) is 0. The first kappa shape index (κ1) is 18.3. The summed E-state index contributed by atoms with van der Waals surface area (Å²) in [4.78, 5) is 15.0. The van der Waals surface area contributed by atoms with Gasteiger partial charge in [-0.25, -0.2) is 0 Å². The summed E-state index contributed by atoms with van der Waals surface area (Å²) in [6.45, 7) is 1.66. The number of halogens is 1. The predicted molar refractivity (Wildman–Crippen MR) is 101 cm³/mol. The number of methoxy groups -OCH3 is 1. The van der Waals surface area contributed by atoms with Crippen LogP contribution in [-0.2, 0) is 20.7 Å². The molecule has 0 spiro atoms. The third-order valence-electron chi connectivity index (χ3n) is 6.40. The van der Waals surface area contributed by atoms with Crippen LogP contribution in [0.15, 0.2) is 24.3 Å². The molecule has 1 aromatic carbocycles. The van der Waals surface area contributed by atoms with Crippen molar-refractivity contribution >= 4 is 17.5 Å². The molecule has 1 saturated heterocycles. The highest BCUT2D eigenvalue weighted by Crippen LogP contribution is 2.44. The van der Waals surface area contributed by atoms with Crippen molar-refractivity contribution < 1.29 is 14.3 Å². The maximum absolute atomic E-state index is 13.0. The molecule has 142 valence electrons. The van der Waals surface area contributed by atoms with E-state index in [9.17, 15) is 4.79 Å². The lowest BCUT2D eigenvalue weighted by Crippen LogP contribution is -2.53. The predicted octanol–water partition coefficient (Wildman–Crippen LogP) is 3.85. The van der Waals surface area contributed by atoms with Gasteiger partial charge < -0.3 is 14.4 Å². The van der Waals surface area contributed by atoms with Crippen LogP contribution < -0.4 is 0 Å². The summed E-state index contributed by atoms with van der Waals surface area (Å²) in [5.41, 5.74) is 0.821. The van der Waals surface area contributed by atoms with Gasteiger partial charge in [0.1, 0.15) is 0 Å². The Labute approximate surface area is 160 Å². The number of rotatable bonds is 6. The Morgan fingerprint density at radius 1 is 1.23 bits per heavy atom. The molecule has 2 aliphatic carbocycles. The Kier molecular flexibility index (Phi) is 5.27. The van der Waals surface area contributed by atoms with Crippen LogP contribution in [0.25, 0.3) is 0 Å². The van der Waals surface area contributed by atoms with E-state index < -0.39 is 0 Å². The standard InChI is InChI=1S/C21H28ClNO3/c1-25-21-9-8-18(26-14-16-2-3-16)13-19(21)23(11-10-21)20(24)12-15-4-6-17(22)7-5-15/h4-7,16,18-19H,2-3,8-14H2,1H3/t18-,19+,21-/m1/s1. The zero-order valence-corrected chi connectivity index (χ0v) is 16.2. The van der Waals surface area contributed by atoms with Gasteiger partial charge in [-0.3, -0.25) is 4.79 Å². The van der Waals surface area contributed by atoms with E-state index in [1.807, 2.05) is 29.2 Å². The molecule has 3 atom stereocenters. The Hall–Kier alpha value is -1.10. The van der Waals surface area contributed by atoms with Gasteiger partial charge in [-0.2, -0.15) is 0 Å². The van der Waals surface area contributed by atoms with Crippen LogP contribution in [0, 0.1) is 5.92 Å². The maximum atomic E-state index is 13.0. The molecule has 1 amide bonds. The summed E-state index contributed by atoms with van der Waals surface area (Å²) in [7, 11) is 1.80. The van der Waals surface area contributed by atoms with Crippen LogP contribution in [0.4, 0.5) is 0 Å². The van der Waals surface area contributed by atoms with Crippen molar-refractivity contribution in [2.24, 2.45) is 5.92 Å². The lowest BCUT2D eigenvalue weighted by atomic mass is 9.79. The van der Waals surface area contributed by atoms with E-state index in [0.29, 0.717) is 11.4 Å². The number of amides is 1. The number of ether oxygens (including phenoxy) is 2. The van der Waals surface area contributed by atoms with Gasteiger partial charge in [-0.05, 0) is 62.1 Å². The van der Waals surface area contributed by atoms with Crippen molar-refractivity contribution in [2.75, 3.05) is 20.3 Å². The van der Waals surface area contributed by atoms with Crippen LogP contribution in [0.1, 0.15) is 44.1 Å². The molecule has 0 N–H and O–H groups in total. The van der Waals surface area contributed by atoms with E-state index in [1.54, 1.807) is 7.11 Å². The number of hydrogen-bond acceptors (Lipinski definition) is 3. The first-order chi connectivity index (χ1) is 12.6. The minimum absolute atomic E-state index is 0.130. The summed E-state index contributed by atoms with van der Waals surface area (Å²) < 4.78 is 12.1. The second kappa shape index (κ2) is 7.49. The fourth-order valence-electron chi connectivity index (χ4n) is 4.55. The Bertz CT molecular complexity index is 645. The van der Waals surface area contributed by atoms with Crippen LogP contribution in [-0.4, -0.2) is 48.8 Å². The third-order valence-corrected chi connectivity index (χ3v) is 6.65. The molecule has 0 aromatic heterocycles. The number of carbonyl (C=O) groups is 1. The van der Waals surface area contributed by atoms with Crippen LogP contribution in [0.5, 0.6) is 0 Å². The fourth-order valence-corrected chi connectivity index (χ4v) is 4.67. The molecule has 4 rings (SSSR count). The van der Waals surface area contributed by atoms with Gasteiger partial charge in [0.2, 0.25) is 5.91 Å². The van der Waals surface area contributed by atoms with Crippen molar-refractivity contribution in [3.05, 3.63) is 34.9 Å². The average Bonchev–Trinajstić information content (AvgIpc) is 3.40. The molecule has 3 aliphatic rings. The molecule has 1 aliphatic heterocycles. The van der Waals surface area contributed by atoms with Gasteiger partial charge in [0, 0.05) is 25.3 Å². The van der Waals surface area contributed by atoms with E-state index in [1.165, 1.54) is 12.8 Å². The largest absolute Gasteiger partial charge is 0.378 e. The normalized spacial score (nSPS) is 31.1. The molecule has 26 heavy (non-hydrogen) atoms. The van der Waals surface area contributed by atoms with Crippen molar-refractivity contribution in [3.63, 3.8) is 0 Å². The highest BCUT2D eigenvalue weighted by molar-refractivity contribution is 6.30. The minimum atomic E-state index is -0.185. The Balaban J connectivity index is 1.43. The minimum Gasteiger partial charge on any atom is -0.378 e. The van der Waals surface area contributed by atoms with Gasteiger partial charge in [0.05, 0.1) is 24.2 Å². The topological polar surface area (TPSA) is 38.8 Å². The monoisotopic (exact) mass is 377 g/mol. The fraction of sp³-hybridized carbons (Fsp3) is 0.667. The Morgan fingerprint density at radius 2 is 2.00 bits per heavy atom. The first-order valence-corrected chi connectivity index (χ1v) is 10.2. The molecule has 0 bridgehead atoms. The third kappa shape index (κ3) is 3.78. The Morgan fingerprint density at radius 3 is 2.69 bits per heavy atom. The zero-order valence-electron chi connectivity index (χ0n) is 15.5. The summed E-state index contributed by atoms with van der Waals surface area (Å²) in [5.74, 6) is 0.953. The van der Waals surface area contributed by atoms with Crippen molar-refractivity contribution in [1.29, 1.82) is 0 Å². The quantitative estimate of drug-likeness (QED) is 0.755. The lowest BCUT2D eigenvalue weighted by molar-refractivity contribution is -0.141. The van der Waals surface area contributed by atoms with Gasteiger partial charge >= 0.3 is 0 Å². The van der Waals surface area contributed by atoms with Crippen LogP contribution in [0.2, 0.25) is 5.02 Å². The van der Waals surface area contributed by atoms with E-state index in [-0.39, 0.29) is 23.7 Å². The average molecular weight is 378 g/mol. The number of fused-ring (bicyclic) bond motifs is 1. The van der Waals surface area contributed by atoms with Gasteiger partial charge in [-0.15, -0.1) is 0 Å². The van der Waals surface area contributed by atoms with Crippen molar-refractivity contribution in [1.82, 2.24) is 4.90 Å². The second-order valence-electron chi connectivity index (χ2n) is 8.10. The summed E-state index contributed by atoms with van der Waals surface area (Å²) in [5, 5.41) is 0.698. The van der Waals surface area contributed by atoms with Crippen molar-refractivity contribution in [3.8, 4) is 0 Å². The van der Waals surface area contributed by atoms with Gasteiger partial charge in [0.25, 0.3) is 0 Å². The number of nitrogens with zero attached hydrogens (tertiary/aromatic N) is 1. The first-order valence-electron chi connectivity index (χ1n) is 9.80. The highest BCUT2D eigenvalue weighted by Gasteiger charge is 2.52. The van der Waals surface area contributed by atoms with Gasteiger partial charge in [-0.1, -0.05) is 23.7 Å². The van der Waals surface area contributed by atoms with E-state index in [4.69, 9.17) is 21.1 Å². The molecular formula is C21H28ClNO3. The molecular weight excluding hydrogens is 350 g/mol.